The molecule has 0 aromatic carbocycles. The minimum atomic E-state index is 0.213. The molecule has 0 aliphatic heterocycles. The molecule has 1 aromatic heterocycles. The van der Waals surface area contributed by atoms with Gasteiger partial charge in [0.15, 0.2) is 0 Å². The number of anilines is 1. The summed E-state index contributed by atoms with van der Waals surface area (Å²) in [5.74, 6) is 0.498. The first kappa shape index (κ1) is 8.01. The van der Waals surface area contributed by atoms with Crippen LogP contribution < -0.4 is 11.5 Å². The summed E-state index contributed by atoms with van der Waals surface area (Å²) in [5, 5.41) is 0. The Balaban J connectivity index is 3.25. The summed E-state index contributed by atoms with van der Waals surface area (Å²) in [6.07, 6.45) is 0. The van der Waals surface area contributed by atoms with Gasteiger partial charge in [-0.1, -0.05) is 0 Å². The van der Waals surface area contributed by atoms with Crippen molar-refractivity contribution in [1.82, 2.24) is 10.7 Å². The van der Waals surface area contributed by atoms with E-state index in [1.807, 2.05) is 19.9 Å². The topological polar surface area (TPSA) is 62.7 Å². The standard InChI is InChI=1S/C8H12N3/c1-5-3-6(2)11-8(10)7(5)4-9/h3,9H,4H2,1-2H3,(H2,10,11). The van der Waals surface area contributed by atoms with Crippen LogP contribution in [0.3, 0.4) is 0 Å². The van der Waals surface area contributed by atoms with Crippen LogP contribution in [0.4, 0.5) is 5.82 Å². The van der Waals surface area contributed by atoms with E-state index in [0.717, 1.165) is 16.8 Å². The van der Waals surface area contributed by atoms with Crippen molar-refractivity contribution in [2.24, 2.45) is 0 Å². The number of aryl methyl sites for hydroxylation is 2. The average Bonchev–Trinajstić information content (AvgIpc) is 1.85. The highest BCUT2D eigenvalue weighted by molar-refractivity contribution is 5.45. The van der Waals surface area contributed by atoms with Crippen LogP contribution in [0.5, 0.6) is 0 Å². The quantitative estimate of drug-likeness (QED) is 0.650. The maximum absolute atomic E-state index is 7.18. The Kier molecular flexibility index (Phi) is 2.10. The van der Waals surface area contributed by atoms with Crippen LogP contribution >= 0.6 is 0 Å². The van der Waals surface area contributed by atoms with Gasteiger partial charge in [-0.2, -0.15) is 0 Å². The predicted octanol–water partition coefficient (Wildman–Crippen LogP) is 1.06. The second-order valence-electron chi connectivity index (χ2n) is 2.62. The van der Waals surface area contributed by atoms with E-state index in [2.05, 4.69) is 4.98 Å². The van der Waals surface area contributed by atoms with Crippen molar-refractivity contribution in [2.45, 2.75) is 20.4 Å². The molecule has 3 N–H and O–H groups in total. The molecule has 0 aliphatic rings. The Hall–Kier alpha value is -1.09. The van der Waals surface area contributed by atoms with E-state index >= 15 is 0 Å². The van der Waals surface area contributed by atoms with E-state index < -0.39 is 0 Å². The monoisotopic (exact) mass is 150 g/mol. The van der Waals surface area contributed by atoms with Crippen molar-refractivity contribution in [3.63, 3.8) is 0 Å². The van der Waals surface area contributed by atoms with E-state index in [1.165, 1.54) is 0 Å². The number of rotatable bonds is 1. The number of hydrogen-bond acceptors (Lipinski definition) is 2. The molecule has 0 saturated heterocycles. The van der Waals surface area contributed by atoms with Gasteiger partial charge in [-0.25, -0.2) is 4.98 Å². The third kappa shape index (κ3) is 1.49. The number of nitrogens with zero attached hydrogens (tertiary/aromatic N) is 1. The summed E-state index contributed by atoms with van der Waals surface area (Å²) in [6.45, 7) is 4.07. The molecule has 0 unspecified atom stereocenters. The molecule has 0 fully saturated rings. The summed E-state index contributed by atoms with van der Waals surface area (Å²) >= 11 is 0. The average molecular weight is 150 g/mol. The minimum Gasteiger partial charge on any atom is -0.383 e. The summed E-state index contributed by atoms with van der Waals surface area (Å²) in [5.41, 5.74) is 15.6. The molecule has 59 valence electrons. The van der Waals surface area contributed by atoms with Crippen molar-refractivity contribution < 1.29 is 0 Å². The van der Waals surface area contributed by atoms with E-state index in [0.29, 0.717) is 5.82 Å². The number of nitrogens with one attached hydrogen (secondary N) is 1. The number of hydrogen-bond donors (Lipinski definition) is 1. The molecule has 0 saturated carbocycles. The predicted molar refractivity (Wildman–Crippen MR) is 44.9 cm³/mol. The maximum Gasteiger partial charge on any atom is 0.128 e. The second kappa shape index (κ2) is 2.88. The van der Waals surface area contributed by atoms with E-state index in [1.54, 1.807) is 0 Å². The van der Waals surface area contributed by atoms with Crippen LogP contribution in [0, 0.1) is 13.8 Å². The summed E-state index contributed by atoms with van der Waals surface area (Å²) in [6, 6.07) is 1.94. The fourth-order valence-corrected chi connectivity index (χ4v) is 1.12. The van der Waals surface area contributed by atoms with Gasteiger partial charge in [-0.3, -0.25) is 5.73 Å². The molecule has 0 bridgehead atoms. The van der Waals surface area contributed by atoms with Crippen molar-refractivity contribution in [3.05, 3.63) is 22.9 Å². The third-order valence-electron chi connectivity index (χ3n) is 1.68. The van der Waals surface area contributed by atoms with Gasteiger partial charge < -0.3 is 5.73 Å². The van der Waals surface area contributed by atoms with Crippen molar-refractivity contribution >= 4 is 5.82 Å². The fourth-order valence-electron chi connectivity index (χ4n) is 1.12. The number of nitrogens with two attached hydrogens (primary N) is 1. The zero-order chi connectivity index (χ0) is 8.43. The van der Waals surface area contributed by atoms with Crippen LogP contribution in [0.1, 0.15) is 16.8 Å². The maximum atomic E-state index is 7.18. The molecule has 3 heteroatoms. The second-order valence-corrected chi connectivity index (χ2v) is 2.62. The van der Waals surface area contributed by atoms with Gasteiger partial charge in [0.25, 0.3) is 0 Å². The van der Waals surface area contributed by atoms with E-state index in [-0.39, 0.29) is 6.54 Å². The number of aromatic nitrogens is 1. The summed E-state index contributed by atoms with van der Waals surface area (Å²) in [7, 11) is 0. The van der Waals surface area contributed by atoms with Gasteiger partial charge in [-0.05, 0) is 25.5 Å². The zero-order valence-electron chi connectivity index (χ0n) is 6.81. The van der Waals surface area contributed by atoms with Crippen molar-refractivity contribution in [2.75, 3.05) is 5.73 Å². The van der Waals surface area contributed by atoms with E-state index in [9.17, 15) is 0 Å². The number of pyridine rings is 1. The molecule has 1 radical (unpaired) electrons. The largest absolute Gasteiger partial charge is 0.383 e. The van der Waals surface area contributed by atoms with Crippen LogP contribution in [-0.2, 0) is 6.54 Å². The van der Waals surface area contributed by atoms with Gasteiger partial charge in [0.05, 0.1) is 0 Å². The highest BCUT2D eigenvalue weighted by Gasteiger charge is 2.02. The van der Waals surface area contributed by atoms with E-state index in [4.69, 9.17) is 11.5 Å². The smallest absolute Gasteiger partial charge is 0.128 e. The Morgan fingerprint density at radius 2 is 2.18 bits per heavy atom. The normalized spacial score (nSPS) is 10.1. The Morgan fingerprint density at radius 3 is 2.64 bits per heavy atom. The molecule has 11 heavy (non-hydrogen) atoms. The highest BCUT2D eigenvalue weighted by Crippen LogP contribution is 2.14. The molecule has 1 heterocycles. The Morgan fingerprint density at radius 1 is 1.55 bits per heavy atom. The highest BCUT2D eigenvalue weighted by atomic mass is 14.8. The first-order valence-corrected chi connectivity index (χ1v) is 3.52. The van der Waals surface area contributed by atoms with Gasteiger partial charge in [0.2, 0.25) is 0 Å². The lowest BCUT2D eigenvalue weighted by Crippen LogP contribution is -2.02. The molecular formula is C8H12N3. The lowest BCUT2D eigenvalue weighted by molar-refractivity contribution is 0.988. The Bertz CT molecular complexity index is 245. The molecule has 0 atom stereocenters. The minimum absolute atomic E-state index is 0.213. The SMILES string of the molecule is Cc1cc(C)c(C[NH])c(N)n1. The molecule has 3 nitrogen and oxygen atoms in total. The summed E-state index contributed by atoms with van der Waals surface area (Å²) < 4.78 is 0. The fraction of sp³-hybridized carbons (Fsp3) is 0.375. The van der Waals surface area contributed by atoms with Gasteiger partial charge in [-0.15, -0.1) is 0 Å². The molecule has 1 rings (SSSR count). The third-order valence-corrected chi connectivity index (χ3v) is 1.68. The lowest BCUT2D eigenvalue weighted by atomic mass is 10.1. The molecule has 1 aromatic rings. The summed E-state index contributed by atoms with van der Waals surface area (Å²) in [4.78, 5) is 4.06. The van der Waals surface area contributed by atoms with Gasteiger partial charge in [0, 0.05) is 17.8 Å². The lowest BCUT2D eigenvalue weighted by Gasteiger charge is -2.06. The number of nitrogen functional groups attached to an aromatic ring is 1. The van der Waals surface area contributed by atoms with Crippen molar-refractivity contribution in [3.8, 4) is 0 Å². The molecule has 0 spiro atoms. The Labute approximate surface area is 66.4 Å². The first-order chi connectivity index (χ1) is 5.15. The van der Waals surface area contributed by atoms with Crippen LogP contribution in [0.25, 0.3) is 0 Å². The molecule has 0 aliphatic carbocycles. The van der Waals surface area contributed by atoms with Crippen LogP contribution in [0.2, 0.25) is 0 Å². The van der Waals surface area contributed by atoms with Gasteiger partial charge in [0.1, 0.15) is 5.82 Å². The van der Waals surface area contributed by atoms with Crippen LogP contribution in [-0.4, -0.2) is 4.98 Å². The molecule has 0 amide bonds. The zero-order valence-corrected chi connectivity index (χ0v) is 6.81. The first-order valence-electron chi connectivity index (χ1n) is 3.52. The van der Waals surface area contributed by atoms with Gasteiger partial charge >= 0.3 is 0 Å². The van der Waals surface area contributed by atoms with Crippen molar-refractivity contribution in [1.29, 1.82) is 0 Å². The molecular weight excluding hydrogens is 138 g/mol. The van der Waals surface area contributed by atoms with Crippen LogP contribution in [0.15, 0.2) is 6.07 Å².